The van der Waals surface area contributed by atoms with Crippen LogP contribution in [0.4, 0.5) is 5.69 Å². The predicted octanol–water partition coefficient (Wildman–Crippen LogP) is 1.95. The number of imide groups is 1. The van der Waals surface area contributed by atoms with E-state index in [0.29, 0.717) is 17.5 Å². The number of nitrogens with zero attached hydrogens (tertiary/aromatic N) is 1. The fourth-order valence-electron chi connectivity index (χ4n) is 4.84. The van der Waals surface area contributed by atoms with Crippen molar-refractivity contribution >= 4 is 17.5 Å². The number of allylic oxidation sites excluding steroid dienone is 2. The van der Waals surface area contributed by atoms with Crippen molar-refractivity contribution in [2.75, 3.05) is 4.90 Å². The summed E-state index contributed by atoms with van der Waals surface area (Å²) in [5, 5.41) is 9.61. The van der Waals surface area contributed by atoms with E-state index in [1.165, 1.54) is 17.4 Å². The molecule has 0 spiro atoms. The second kappa shape index (κ2) is 3.56. The van der Waals surface area contributed by atoms with Crippen LogP contribution in [0.1, 0.15) is 6.42 Å². The number of hydrogen-bond acceptors (Lipinski definition) is 3. The van der Waals surface area contributed by atoms with Gasteiger partial charge in [-0.05, 0) is 42.2 Å². The zero-order chi connectivity index (χ0) is 14.3. The largest absolute Gasteiger partial charge is 0.508 e. The molecule has 106 valence electrons. The molecule has 6 rings (SSSR count). The minimum Gasteiger partial charge on any atom is -0.508 e. The maximum Gasteiger partial charge on any atom is 0.238 e. The lowest BCUT2D eigenvalue weighted by atomic mass is 9.63. The molecule has 0 aromatic heterocycles. The Balaban J connectivity index is 1.60. The van der Waals surface area contributed by atoms with Crippen molar-refractivity contribution in [2.24, 2.45) is 35.5 Å². The minimum atomic E-state index is -0.182. The molecule has 6 atom stereocenters. The Hall–Kier alpha value is -2.10. The van der Waals surface area contributed by atoms with Crippen LogP contribution in [0.5, 0.6) is 5.75 Å². The molecular weight excluding hydrogens is 266 g/mol. The zero-order valence-corrected chi connectivity index (χ0v) is 11.3. The number of benzene rings is 1. The van der Waals surface area contributed by atoms with E-state index in [1.807, 2.05) is 0 Å². The van der Waals surface area contributed by atoms with Crippen molar-refractivity contribution in [1.29, 1.82) is 0 Å². The number of amides is 2. The first-order valence-electron chi connectivity index (χ1n) is 7.52. The lowest BCUT2D eigenvalue weighted by Crippen LogP contribution is -2.40. The Bertz CT molecular complexity index is 674. The second-order valence-electron chi connectivity index (χ2n) is 6.69. The fraction of sp³-hybridized carbons (Fsp3) is 0.412. The molecule has 21 heavy (non-hydrogen) atoms. The van der Waals surface area contributed by atoms with Crippen LogP contribution in [0.2, 0.25) is 0 Å². The molecule has 1 aromatic rings. The van der Waals surface area contributed by atoms with Gasteiger partial charge in [0.25, 0.3) is 0 Å². The molecule has 1 aliphatic heterocycles. The van der Waals surface area contributed by atoms with Gasteiger partial charge in [0.2, 0.25) is 11.8 Å². The second-order valence-corrected chi connectivity index (χ2v) is 6.69. The van der Waals surface area contributed by atoms with Gasteiger partial charge < -0.3 is 5.11 Å². The molecule has 4 heteroatoms. The summed E-state index contributed by atoms with van der Waals surface area (Å²) in [5.41, 5.74) is 0.493. The monoisotopic (exact) mass is 281 g/mol. The summed E-state index contributed by atoms with van der Waals surface area (Å²) in [4.78, 5) is 26.9. The zero-order valence-electron chi connectivity index (χ0n) is 11.3. The number of rotatable bonds is 1. The van der Waals surface area contributed by atoms with Crippen LogP contribution in [-0.4, -0.2) is 16.9 Å². The number of anilines is 1. The molecule has 2 bridgehead atoms. The maximum absolute atomic E-state index is 12.8. The average molecular weight is 281 g/mol. The summed E-state index contributed by atoms with van der Waals surface area (Å²) >= 11 is 0. The highest BCUT2D eigenvalue weighted by Gasteiger charge is 2.67. The summed E-state index contributed by atoms with van der Waals surface area (Å²) in [6.45, 7) is 0. The van der Waals surface area contributed by atoms with E-state index in [1.54, 1.807) is 18.2 Å². The van der Waals surface area contributed by atoms with E-state index in [9.17, 15) is 14.7 Å². The molecule has 0 unspecified atom stereocenters. The van der Waals surface area contributed by atoms with E-state index < -0.39 is 0 Å². The van der Waals surface area contributed by atoms with Gasteiger partial charge in [0.15, 0.2) is 0 Å². The van der Waals surface area contributed by atoms with Gasteiger partial charge in [-0.15, -0.1) is 0 Å². The molecule has 0 radical (unpaired) electrons. The molecular formula is C17H15NO3. The van der Waals surface area contributed by atoms with Crippen LogP contribution in [-0.2, 0) is 9.59 Å². The molecule has 4 aliphatic carbocycles. The van der Waals surface area contributed by atoms with Crippen molar-refractivity contribution in [3.8, 4) is 5.75 Å². The Morgan fingerprint density at radius 2 is 1.62 bits per heavy atom. The van der Waals surface area contributed by atoms with Crippen LogP contribution in [0.15, 0.2) is 36.4 Å². The smallest absolute Gasteiger partial charge is 0.238 e. The quantitative estimate of drug-likeness (QED) is 0.632. The van der Waals surface area contributed by atoms with Crippen molar-refractivity contribution in [3.05, 3.63) is 36.4 Å². The number of hydrogen-bond donors (Lipinski definition) is 1. The summed E-state index contributed by atoms with van der Waals surface area (Å²) in [5.74, 6) is 1.25. The first kappa shape index (κ1) is 11.5. The number of phenolic OH excluding ortho intramolecular Hbond substituents is 1. The van der Waals surface area contributed by atoms with E-state index in [2.05, 4.69) is 12.2 Å². The highest BCUT2D eigenvalue weighted by molar-refractivity contribution is 6.22. The summed E-state index contributed by atoms with van der Waals surface area (Å²) < 4.78 is 0. The third-order valence-corrected chi connectivity index (χ3v) is 5.75. The number of phenols is 1. The molecule has 2 amide bonds. The van der Waals surface area contributed by atoms with Crippen LogP contribution < -0.4 is 4.90 Å². The van der Waals surface area contributed by atoms with Crippen molar-refractivity contribution in [2.45, 2.75) is 6.42 Å². The van der Waals surface area contributed by atoms with Crippen molar-refractivity contribution in [1.82, 2.24) is 0 Å². The van der Waals surface area contributed by atoms with Gasteiger partial charge in [0, 0.05) is 6.07 Å². The van der Waals surface area contributed by atoms with Gasteiger partial charge in [0.05, 0.1) is 17.5 Å². The molecule has 4 nitrogen and oxygen atoms in total. The topological polar surface area (TPSA) is 57.6 Å². The standard InChI is InChI=1S/C17H15NO3/c19-9-3-1-2-8(6-9)18-16(20)14-10-4-5-11(13-7-12(10)13)15(14)17(18)21/h1-6,10-15,19H,7H2/t10-,11-,12-,13+,14+,15+/m0/s1. The van der Waals surface area contributed by atoms with Gasteiger partial charge >= 0.3 is 0 Å². The van der Waals surface area contributed by atoms with Crippen LogP contribution in [0, 0.1) is 35.5 Å². The number of carbonyl (C=O) groups is 2. The molecule has 1 saturated heterocycles. The molecule has 1 aromatic carbocycles. The van der Waals surface area contributed by atoms with Gasteiger partial charge in [-0.25, -0.2) is 4.90 Å². The lowest BCUT2D eigenvalue weighted by molar-refractivity contribution is -0.124. The number of aromatic hydroxyl groups is 1. The lowest BCUT2D eigenvalue weighted by Gasteiger charge is -2.37. The van der Waals surface area contributed by atoms with Gasteiger partial charge in [-0.2, -0.15) is 0 Å². The summed E-state index contributed by atoms with van der Waals surface area (Å²) in [6, 6.07) is 6.41. The van der Waals surface area contributed by atoms with Crippen LogP contribution >= 0.6 is 0 Å². The minimum absolute atomic E-state index is 0.0758. The summed E-state index contributed by atoms with van der Waals surface area (Å²) in [7, 11) is 0. The highest BCUT2D eigenvalue weighted by atomic mass is 16.3. The van der Waals surface area contributed by atoms with E-state index in [0.717, 1.165) is 0 Å². The van der Waals surface area contributed by atoms with Gasteiger partial charge in [0.1, 0.15) is 5.75 Å². The predicted molar refractivity (Wildman–Crippen MR) is 75.3 cm³/mol. The van der Waals surface area contributed by atoms with Crippen molar-refractivity contribution in [3.63, 3.8) is 0 Å². The average Bonchev–Trinajstić information content (AvgIpc) is 3.24. The molecule has 3 fully saturated rings. The third-order valence-electron chi connectivity index (χ3n) is 5.75. The molecule has 5 aliphatic rings. The van der Waals surface area contributed by atoms with Crippen molar-refractivity contribution < 1.29 is 14.7 Å². The Morgan fingerprint density at radius 1 is 1.00 bits per heavy atom. The Kier molecular flexibility index (Phi) is 1.96. The Labute approximate surface area is 122 Å². The first-order valence-corrected chi connectivity index (χ1v) is 7.52. The van der Waals surface area contributed by atoms with E-state index >= 15 is 0 Å². The first-order chi connectivity index (χ1) is 10.2. The maximum atomic E-state index is 12.8. The van der Waals surface area contributed by atoms with Crippen LogP contribution in [0.3, 0.4) is 0 Å². The molecule has 1 N–H and O–H groups in total. The number of carbonyl (C=O) groups excluding carboxylic acids is 2. The third kappa shape index (κ3) is 1.30. The molecule has 1 heterocycles. The summed E-state index contributed by atoms with van der Waals surface area (Å²) in [6.07, 6.45) is 5.50. The van der Waals surface area contributed by atoms with Gasteiger partial charge in [-0.1, -0.05) is 18.2 Å². The normalized spacial score (nSPS) is 42.2. The van der Waals surface area contributed by atoms with Gasteiger partial charge in [-0.3, -0.25) is 9.59 Å². The Morgan fingerprint density at radius 3 is 2.19 bits per heavy atom. The highest BCUT2D eigenvalue weighted by Crippen LogP contribution is 2.65. The van der Waals surface area contributed by atoms with E-state index in [-0.39, 0.29) is 41.2 Å². The molecule has 2 saturated carbocycles. The SMILES string of the molecule is O=C1[C@@H]2[C@H]3C=C[C@@H]([C@@H]4C[C@H]34)[C@H]2C(=O)N1c1cccc(O)c1. The van der Waals surface area contributed by atoms with Crippen LogP contribution in [0.25, 0.3) is 0 Å². The van der Waals surface area contributed by atoms with E-state index in [4.69, 9.17) is 0 Å². The fourth-order valence-corrected chi connectivity index (χ4v) is 4.84.